The van der Waals surface area contributed by atoms with Crippen molar-refractivity contribution in [2.24, 2.45) is 5.73 Å². The Morgan fingerprint density at radius 3 is 2.61 bits per heavy atom. The van der Waals surface area contributed by atoms with Crippen molar-refractivity contribution in [1.29, 1.82) is 0 Å². The van der Waals surface area contributed by atoms with E-state index in [1.54, 1.807) is 0 Å². The first-order valence-electron chi connectivity index (χ1n) is 6.76. The smallest absolute Gasteiger partial charge is 0.0543 e. The Morgan fingerprint density at radius 2 is 1.94 bits per heavy atom. The summed E-state index contributed by atoms with van der Waals surface area (Å²) in [5.41, 5.74) is 8.66. The lowest BCUT2D eigenvalue weighted by molar-refractivity contribution is 0.139. The molecular formula is C15H24N2O. The summed E-state index contributed by atoms with van der Waals surface area (Å²) in [6, 6.07) is 8.67. The van der Waals surface area contributed by atoms with Crippen LogP contribution in [-0.4, -0.2) is 32.3 Å². The number of anilines is 1. The zero-order valence-electron chi connectivity index (χ0n) is 11.5. The lowest BCUT2D eigenvalue weighted by Gasteiger charge is -2.42. The molecule has 0 spiro atoms. The fourth-order valence-electron chi connectivity index (χ4n) is 2.71. The van der Waals surface area contributed by atoms with E-state index in [2.05, 4.69) is 43.1 Å². The molecule has 1 fully saturated rings. The minimum Gasteiger partial charge on any atom is -0.381 e. The van der Waals surface area contributed by atoms with Gasteiger partial charge in [-0.05, 0) is 38.3 Å². The summed E-state index contributed by atoms with van der Waals surface area (Å²) in [5.74, 6) is 0. The van der Waals surface area contributed by atoms with E-state index in [0.717, 1.165) is 32.5 Å². The first kappa shape index (κ1) is 13.4. The predicted molar refractivity (Wildman–Crippen MR) is 76.0 cm³/mol. The number of hydrogen-bond donors (Lipinski definition) is 1. The number of likely N-dealkylation sites (N-methyl/N-ethyl adjacent to an activating group) is 1. The van der Waals surface area contributed by atoms with Crippen molar-refractivity contribution < 1.29 is 4.74 Å². The van der Waals surface area contributed by atoms with Crippen molar-refractivity contribution in [3.05, 3.63) is 29.8 Å². The van der Waals surface area contributed by atoms with Gasteiger partial charge in [0.1, 0.15) is 0 Å². The van der Waals surface area contributed by atoms with Crippen molar-refractivity contribution in [2.75, 3.05) is 31.7 Å². The fourth-order valence-corrected chi connectivity index (χ4v) is 2.71. The second-order valence-corrected chi connectivity index (χ2v) is 5.29. The topological polar surface area (TPSA) is 38.5 Å². The third-order valence-electron chi connectivity index (χ3n) is 4.16. The van der Waals surface area contributed by atoms with Crippen LogP contribution >= 0.6 is 0 Å². The second kappa shape index (κ2) is 5.72. The summed E-state index contributed by atoms with van der Waals surface area (Å²) in [7, 11) is 2.16. The second-order valence-electron chi connectivity index (χ2n) is 5.29. The Morgan fingerprint density at radius 1 is 1.22 bits per heavy atom. The van der Waals surface area contributed by atoms with Crippen LogP contribution in [-0.2, 0) is 4.74 Å². The van der Waals surface area contributed by atoms with Crippen LogP contribution in [0.1, 0.15) is 24.8 Å². The molecule has 1 saturated heterocycles. The first-order chi connectivity index (χ1) is 8.68. The number of ether oxygens (including phenoxy) is 1. The van der Waals surface area contributed by atoms with E-state index in [1.807, 2.05) is 0 Å². The van der Waals surface area contributed by atoms with E-state index in [9.17, 15) is 0 Å². The van der Waals surface area contributed by atoms with Gasteiger partial charge in [0.25, 0.3) is 0 Å². The van der Waals surface area contributed by atoms with E-state index in [-0.39, 0.29) is 5.54 Å². The summed E-state index contributed by atoms with van der Waals surface area (Å²) in [4.78, 5) is 2.35. The summed E-state index contributed by atoms with van der Waals surface area (Å²) in [5, 5.41) is 0. The molecule has 1 aromatic rings. The molecule has 0 amide bonds. The SMILES string of the molecule is Cc1ccc(N(C)C2(CN)CCCOCC2)cc1. The molecule has 1 unspecified atom stereocenters. The molecule has 18 heavy (non-hydrogen) atoms. The van der Waals surface area contributed by atoms with E-state index < -0.39 is 0 Å². The standard InChI is InChI=1S/C15H24N2O/c1-13-4-6-14(7-5-13)17(2)15(12-16)8-3-10-18-11-9-15/h4-7H,3,8-12,16H2,1-2H3. The maximum Gasteiger partial charge on any atom is 0.0543 e. The summed E-state index contributed by atoms with van der Waals surface area (Å²) >= 11 is 0. The van der Waals surface area contributed by atoms with E-state index in [4.69, 9.17) is 10.5 Å². The van der Waals surface area contributed by atoms with Crippen molar-refractivity contribution in [3.8, 4) is 0 Å². The number of nitrogens with zero attached hydrogens (tertiary/aromatic N) is 1. The van der Waals surface area contributed by atoms with Crippen molar-refractivity contribution in [3.63, 3.8) is 0 Å². The van der Waals surface area contributed by atoms with Gasteiger partial charge in [-0.1, -0.05) is 17.7 Å². The highest BCUT2D eigenvalue weighted by Crippen LogP contribution is 2.30. The van der Waals surface area contributed by atoms with Gasteiger partial charge >= 0.3 is 0 Å². The maximum absolute atomic E-state index is 6.08. The third kappa shape index (κ3) is 2.68. The molecule has 3 nitrogen and oxygen atoms in total. The van der Waals surface area contributed by atoms with Crippen LogP contribution < -0.4 is 10.6 Å². The molecule has 0 aliphatic carbocycles. The summed E-state index contributed by atoms with van der Waals surface area (Å²) in [6.45, 7) is 4.47. The zero-order valence-corrected chi connectivity index (χ0v) is 11.5. The van der Waals surface area contributed by atoms with E-state index >= 15 is 0 Å². The van der Waals surface area contributed by atoms with Crippen molar-refractivity contribution in [2.45, 2.75) is 31.7 Å². The quantitative estimate of drug-likeness (QED) is 0.892. The lowest BCUT2D eigenvalue weighted by atomic mass is 9.88. The van der Waals surface area contributed by atoms with Gasteiger partial charge in [-0.15, -0.1) is 0 Å². The molecule has 0 bridgehead atoms. The molecule has 100 valence electrons. The van der Waals surface area contributed by atoms with Gasteiger partial charge in [0.2, 0.25) is 0 Å². The van der Waals surface area contributed by atoms with Gasteiger partial charge in [0.15, 0.2) is 0 Å². The van der Waals surface area contributed by atoms with E-state index in [1.165, 1.54) is 11.3 Å². The molecule has 1 aliphatic rings. The molecule has 2 N–H and O–H groups in total. The largest absolute Gasteiger partial charge is 0.381 e. The Kier molecular flexibility index (Phi) is 4.25. The first-order valence-corrected chi connectivity index (χ1v) is 6.76. The monoisotopic (exact) mass is 248 g/mol. The van der Waals surface area contributed by atoms with Gasteiger partial charge in [-0.3, -0.25) is 0 Å². The van der Waals surface area contributed by atoms with Crippen LogP contribution in [0, 0.1) is 6.92 Å². The molecule has 1 aromatic carbocycles. The molecule has 1 aliphatic heterocycles. The normalized spacial score (nSPS) is 24.6. The minimum absolute atomic E-state index is 0.0474. The summed E-state index contributed by atoms with van der Waals surface area (Å²) in [6.07, 6.45) is 3.20. The van der Waals surface area contributed by atoms with Gasteiger partial charge in [-0.2, -0.15) is 0 Å². The van der Waals surface area contributed by atoms with Crippen molar-refractivity contribution in [1.82, 2.24) is 0 Å². The van der Waals surface area contributed by atoms with Gasteiger partial charge < -0.3 is 15.4 Å². The van der Waals surface area contributed by atoms with Gasteiger partial charge in [-0.25, -0.2) is 0 Å². The van der Waals surface area contributed by atoms with Gasteiger partial charge in [0, 0.05) is 32.5 Å². The van der Waals surface area contributed by atoms with E-state index in [0.29, 0.717) is 6.54 Å². The van der Waals surface area contributed by atoms with Crippen LogP contribution in [0.4, 0.5) is 5.69 Å². The predicted octanol–water partition coefficient (Wildman–Crippen LogP) is 2.33. The van der Waals surface area contributed by atoms with Crippen LogP contribution in [0.5, 0.6) is 0 Å². The molecule has 1 heterocycles. The zero-order chi connectivity index (χ0) is 13.0. The number of hydrogen-bond acceptors (Lipinski definition) is 3. The number of rotatable bonds is 3. The Labute approximate surface area is 110 Å². The van der Waals surface area contributed by atoms with Crippen LogP contribution in [0.2, 0.25) is 0 Å². The van der Waals surface area contributed by atoms with Crippen molar-refractivity contribution >= 4 is 5.69 Å². The maximum atomic E-state index is 6.08. The highest BCUT2D eigenvalue weighted by molar-refractivity contribution is 5.49. The minimum atomic E-state index is 0.0474. The lowest BCUT2D eigenvalue weighted by Crippen LogP contribution is -2.52. The number of benzene rings is 1. The molecule has 3 heteroatoms. The Balaban J connectivity index is 2.22. The molecule has 1 atom stereocenters. The highest BCUT2D eigenvalue weighted by atomic mass is 16.5. The Bertz CT molecular complexity index is 367. The average molecular weight is 248 g/mol. The fraction of sp³-hybridized carbons (Fsp3) is 0.600. The molecule has 2 rings (SSSR count). The van der Waals surface area contributed by atoms with Crippen LogP contribution in [0.25, 0.3) is 0 Å². The van der Waals surface area contributed by atoms with Gasteiger partial charge in [0.05, 0.1) is 5.54 Å². The molecular weight excluding hydrogens is 224 g/mol. The van der Waals surface area contributed by atoms with Crippen LogP contribution in [0.3, 0.4) is 0 Å². The third-order valence-corrected chi connectivity index (χ3v) is 4.16. The Hall–Kier alpha value is -1.06. The number of nitrogens with two attached hydrogens (primary N) is 1. The summed E-state index contributed by atoms with van der Waals surface area (Å²) < 4.78 is 5.57. The van der Waals surface area contributed by atoms with Crippen LogP contribution in [0.15, 0.2) is 24.3 Å². The molecule has 0 aromatic heterocycles. The number of aryl methyl sites for hydroxylation is 1. The molecule has 0 saturated carbocycles. The highest BCUT2D eigenvalue weighted by Gasteiger charge is 2.34. The molecule has 0 radical (unpaired) electrons. The average Bonchev–Trinajstić information content (AvgIpc) is 2.65.